The number of ether oxygens (including phenoxy) is 5. The Bertz CT molecular complexity index is 1610. The smallest absolute Gasteiger partial charge is 0.338 e. The van der Waals surface area contributed by atoms with Crippen molar-refractivity contribution in [3.63, 3.8) is 0 Å². The van der Waals surface area contributed by atoms with Crippen LogP contribution in [0.5, 0.6) is 23.0 Å². The summed E-state index contributed by atoms with van der Waals surface area (Å²) in [6.07, 6.45) is 1.47. The average molecular weight is 729 g/mol. The van der Waals surface area contributed by atoms with Gasteiger partial charge in [-0.15, -0.1) is 0 Å². The summed E-state index contributed by atoms with van der Waals surface area (Å²) in [4.78, 5) is 37.2. The van der Waals surface area contributed by atoms with E-state index in [4.69, 9.17) is 23.7 Å². The molecule has 236 valence electrons. The molecule has 3 aromatic rings. The monoisotopic (exact) mass is 728 g/mol. The number of esters is 1. The van der Waals surface area contributed by atoms with Crippen molar-refractivity contribution in [2.24, 2.45) is 5.10 Å². The van der Waals surface area contributed by atoms with Gasteiger partial charge in [-0.05, 0) is 95.6 Å². The molecule has 13 heteroatoms. The highest BCUT2D eigenvalue weighted by Gasteiger charge is 2.32. The predicted molar refractivity (Wildman–Crippen MR) is 174 cm³/mol. The molecule has 0 saturated carbocycles. The molecule has 1 aliphatic rings. The maximum Gasteiger partial charge on any atom is 0.338 e. The van der Waals surface area contributed by atoms with Gasteiger partial charge in [0.2, 0.25) is 0 Å². The molecule has 3 aromatic carbocycles. The summed E-state index contributed by atoms with van der Waals surface area (Å²) in [5, 5.41) is 9.33. The molecule has 0 saturated heterocycles. The minimum Gasteiger partial charge on any atom is -0.493 e. The number of nitrogens with zero attached hydrogens (tertiary/aromatic N) is 1. The van der Waals surface area contributed by atoms with Gasteiger partial charge in [-0.25, -0.2) is 15.0 Å². The van der Waals surface area contributed by atoms with Crippen LogP contribution in [-0.4, -0.2) is 51.6 Å². The lowest BCUT2D eigenvalue weighted by molar-refractivity contribution is -0.139. The first kappa shape index (κ1) is 33.1. The van der Waals surface area contributed by atoms with Crippen molar-refractivity contribution in [3.8, 4) is 23.0 Å². The SMILES string of the molecule is CCOC(=O)C1=C(C)NC(=O)N[C@@H]1c1ccc(OCC(=O)N/N=C\c2ccc(OCc3ccc(I)cc3)c(OC)c2)c(OC)c1. The number of hydrogen-bond acceptors (Lipinski definition) is 9. The largest absolute Gasteiger partial charge is 0.493 e. The molecule has 0 spiro atoms. The third-order valence-electron chi connectivity index (χ3n) is 6.54. The Labute approximate surface area is 274 Å². The van der Waals surface area contributed by atoms with Crippen LogP contribution in [0.1, 0.15) is 36.6 Å². The molecule has 0 unspecified atom stereocenters. The highest BCUT2D eigenvalue weighted by molar-refractivity contribution is 14.1. The number of rotatable bonds is 13. The van der Waals surface area contributed by atoms with Gasteiger partial charge in [-0.2, -0.15) is 5.10 Å². The van der Waals surface area contributed by atoms with Gasteiger partial charge < -0.3 is 34.3 Å². The first-order valence-corrected chi connectivity index (χ1v) is 14.9. The van der Waals surface area contributed by atoms with Crippen molar-refractivity contribution in [1.29, 1.82) is 0 Å². The molecule has 12 nitrogen and oxygen atoms in total. The van der Waals surface area contributed by atoms with E-state index < -0.39 is 23.9 Å². The average Bonchev–Trinajstić information content (AvgIpc) is 3.03. The molecular formula is C32H33IN4O8. The van der Waals surface area contributed by atoms with Crippen LogP contribution < -0.4 is 35.0 Å². The number of amides is 3. The molecule has 1 heterocycles. The third-order valence-corrected chi connectivity index (χ3v) is 7.26. The second-order valence-electron chi connectivity index (χ2n) is 9.61. The number of carbonyl (C=O) groups excluding carboxylic acids is 3. The van der Waals surface area contributed by atoms with Gasteiger partial charge >= 0.3 is 12.0 Å². The Morgan fingerprint density at radius 1 is 0.956 bits per heavy atom. The summed E-state index contributed by atoms with van der Waals surface area (Å²) in [5.41, 5.74) is 5.36. The molecule has 1 atom stereocenters. The zero-order chi connectivity index (χ0) is 32.3. The lowest BCUT2D eigenvalue weighted by atomic mass is 9.95. The number of hydrazone groups is 1. The standard InChI is InChI=1S/C32H33IN4O8/c1-5-43-31(39)29-19(2)35-32(40)36-30(29)22-9-13-25(27(15-22)42-4)45-18-28(38)37-34-16-21-8-12-24(26(14-21)41-3)44-17-20-6-10-23(33)11-7-20/h6-16,30H,5,17-18H2,1-4H3,(H,37,38)(H2,35,36,40)/b34-16-/t30-/m1/s1. The summed E-state index contributed by atoms with van der Waals surface area (Å²) in [5.74, 6) is 0.633. The maximum atomic E-state index is 12.6. The molecule has 4 rings (SSSR count). The van der Waals surface area contributed by atoms with Gasteiger partial charge in [0.05, 0.1) is 38.7 Å². The molecule has 45 heavy (non-hydrogen) atoms. The fourth-order valence-corrected chi connectivity index (χ4v) is 4.75. The van der Waals surface area contributed by atoms with Gasteiger partial charge in [-0.1, -0.05) is 18.2 Å². The number of urea groups is 1. The van der Waals surface area contributed by atoms with Crippen LogP contribution in [0.3, 0.4) is 0 Å². The maximum absolute atomic E-state index is 12.6. The molecule has 3 N–H and O–H groups in total. The van der Waals surface area contributed by atoms with E-state index in [1.807, 2.05) is 24.3 Å². The molecule has 1 aliphatic heterocycles. The van der Waals surface area contributed by atoms with Crippen molar-refractivity contribution in [2.75, 3.05) is 27.4 Å². The number of nitrogens with one attached hydrogen (secondary N) is 3. The second-order valence-corrected chi connectivity index (χ2v) is 10.9. The van der Waals surface area contributed by atoms with Crippen LogP contribution in [0.15, 0.2) is 77.0 Å². The summed E-state index contributed by atoms with van der Waals surface area (Å²) >= 11 is 2.25. The lowest BCUT2D eigenvalue weighted by Crippen LogP contribution is -2.45. The van der Waals surface area contributed by atoms with E-state index in [1.165, 1.54) is 13.3 Å². The molecule has 0 aromatic heterocycles. The molecular weight excluding hydrogens is 695 g/mol. The van der Waals surface area contributed by atoms with Crippen LogP contribution >= 0.6 is 22.6 Å². The Morgan fingerprint density at radius 3 is 2.36 bits per heavy atom. The highest BCUT2D eigenvalue weighted by Crippen LogP contribution is 2.34. The topological polar surface area (TPSA) is 146 Å². The second kappa shape index (κ2) is 15.8. The van der Waals surface area contributed by atoms with E-state index in [-0.39, 0.29) is 24.5 Å². The predicted octanol–water partition coefficient (Wildman–Crippen LogP) is 4.61. The van der Waals surface area contributed by atoms with Gasteiger partial charge in [0, 0.05) is 9.27 Å². The molecule has 0 radical (unpaired) electrons. The number of methoxy groups -OCH3 is 2. The summed E-state index contributed by atoms with van der Waals surface area (Å²) in [7, 11) is 2.99. The minimum absolute atomic E-state index is 0.183. The molecule has 0 bridgehead atoms. The van der Waals surface area contributed by atoms with Crippen molar-refractivity contribution >= 4 is 46.7 Å². The summed E-state index contributed by atoms with van der Waals surface area (Å²) in [6, 6.07) is 17.0. The van der Waals surface area contributed by atoms with Crippen LogP contribution in [0.4, 0.5) is 4.79 Å². The third kappa shape index (κ3) is 8.88. The van der Waals surface area contributed by atoms with E-state index in [9.17, 15) is 14.4 Å². The van der Waals surface area contributed by atoms with Crippen molar-refractivity contribution in [1.82, 2.24) is 16.1 Å². The molecule has 0 aliphatic carbocycles. The number of halogens is 1. The Morgan fingerprint density at radius 2 is 1.64 bits per heavy atom. The highest BCUT2D eigenvalue weighted by atomic mass is 127. The Kier molecular flexibility index (Phi) is 11.6. The number of carbonyl (C=O) groups is 3. The fraction of sp³-hybridized carbons (Fsp3) is 0.250. The lowest BCUT2D eigenvalue weighted by Gasteiger charge is -2.28. The number of hydrogen-bond donors (Lipinski definition) is 3. The van der Waals surface area contributed by atoms with Gasteiger partial charge in [-0.3, -0.25) is 4.79 Å². The van der Waals surface area contributed by atoms with Gasteiger partial charge in [0.25, 0.3) is 5.91 Å². The first-order valence-electron chi connectivity index (χ1n) is 13.9. The van der Waals surface area contributed by atoms with E-state index in [2.05, 4.69) is 43.8 Å². The van der Waals surface area contributed by atoms with E-state index in [1.54, 1.807) is 57.4 Å². The van der Waals surface area contributed by atoms with Crippen molar-refractivity contribution in [2.45, 2.75) is 26.5 Å². The van der Waals surface area contributed by atoms with E-state index >= 15 is 0 Å². The normalized spacial score (nSPS) is 14.3. The summed E-state index contributed by atoms with van der Waals surface area (Å²) < 4.78 is 28.8. The quantitative estimate of drug-likeness (QED) is 0.100. The van der Waals surface area contributed by atoms with E-state index in [0.717, 1.165) is 9.13 Å². The Hall–Kier alpha value is -4.79. The Balaban J connectivity index is 1.35. The minimum atomic E-state index is -0.773. The summed E-state index contributed by atoms with van der Waals surface area (Å²) in [6.45, 7) is 3.56. The van der Waals surface area contributed by atoms with Crippen LogP contribution in [-0.2, 0) is 20.9 Å². The fourth-order valence-electron chi connectivity index (χ4n) is 4.39. The van der Waals surface area contributed by atoms with Crippen LogP contribution in [0.25, 0.3) is 0 Å². The number of allylic oxidation sites excluding steroid dienone is 1. The van der Waals surface area contributed by atoms with Gasteiger partial charge in [0.15, 0.2) is 29.6 Å². The van der Waals surface area contributed by atoms with Crippen molar-refractivity contribution in [3.05, 3.63) is 92.2 Å². The van der Waals surface area contributed by atoms with Crippen molar-refractivity contribution < 1.29 is 38.1 Å². The van der Waals surface area contributed by atoms with Gasteiger partial charge in [0.1, 0.15) is 6.61 Å². The van der Waals surface area contributed by atoms with Crippen LogP contribution in [0, 0.1) is 3.57 Å². The molecule has 0 fully saturated rings. The molecule has 3 amide bonds. The van der Waals surface area contributed by atoms with E-state index in [0.29, 0.717) is 40.7 Å². The zero-order valence-corrected chi connectivity index (χ0v) is 27.3. The zero-order valence-electron chi connectivity index (χ0n) is 25.1. The number of benzene rings is 3. The van der Waals surface area contributed by atoms with Crippen LogP contribution in [0.2, 0.25) is 0 Å². The first-order chi connectivity index (χ1) is 21.7.